The standard InChI is InChI=1S/C20H23NO4/c1-6-15-7-9-16(10-8-15)20(24)25-14(5)19(23)18-11(2)17(13(4)22)12(3)21-18/h7-10,14,21H,6H2,1-5H3/t14-/m1/s1. The fourth-order valence-corrected chi connectivity index (χ4v) is 2.89. The first kappa shape index (κ1) is 18.6. The molecule has 0 spiro atoms. The Hall–Kier alpha value is -2.69. The molecule has 2 rings (SSSR count). The van der Waals surface area contributed by atoms with E-state index in [1.807, 2.05) is 19.1 Å². The molecule has 0 aliphatic rings. The summed E-state index contributed by atoms with van der Waals surface area (Å²) in [5.41, 5.74) is 3.57. The van der Waals surface area contributed by atoms with Crippen molar-refractivity contribution in [2.75, 3.05) is 0 Å². The van der Waals surface area contributed by atoms with E-state index in [-0.39, 0.29) is 11.6 Å². The number of ketones is 2. The number of nitrogens with one attached hydrogen (secondary N) is 1. The van der Waals surface area contributed by atoms with Gasteiger partial charge in [0.15, 0.2) is 11.9 Å². The zero-order valence-corrected chi connectivity index (χ0v) is 15.2. The van der Waals surface area contributed by atoms with Crippen LogP contribution in [0.3, 0.4) is 0 Å². The Bertz CT molecular complexity index is 815. The van der Waals surface area contributed by atoms with Gasteiger partial charge in [-0.2, -0.15) is 0 Å². The van der Waals surface area contributed by atoms with E-state index < -0.39 is 12.1 Å². The number of hydrogen-bond donors (Lipinski definition) is 1. The number of carbonyl (C=O) groups is 3. The van der Waals surface area contributed by atoms with E-state index >= 15 is 0 Å². The summed E-state index contributed by atoms with van der Waals surface area (Å²) in [5, 5.41) is 0. The van der Waals surface area contributed by atoms with Crippen molar-refractivity contribution in [3.63, 3.8) is 0 Å². The normalized spacial score (nSPS) is 11.9. The zero-order chi connectivity index (χ0) is 18.7. The summed E-state index contributed by atoms with van der Waals surface area (Å²) in [6, 6.07) is 7.11. The number of Topliss-reactive ketones (excluding diaryl/α,β-unsaturated/α-hetero) is 2. The van der Waals surface area contributed by atoms with Crippen LogP contribution in [0.5, 0.6) is 0 Å². The summed E-state index contributed by atoms with van der Waals surface area (Å²) in [6.45, 7) is 8.48. The van der Waals surface area contributed by atoms with Gasteiger partial charge in [-0.1, -0.05) is 19.1 Å². The second kappa shape index (κ2) is 7.47. The summed E-state index contributed by atoms with van der Waals surface area (Å²) in [5.74, 6) is -1.01. The van der Waals surface area contributed by atoms with Crippen molar-refractivity contribution in [2.45, 2.75) is 47.1 Å². The molecule has 0 amide bonds. The number of rotatable bonds is 6. The van der Waals surface area contributed by atoms with Crippen LogP contribution in [0.2, 0.25) is 0 Å². The summed E-state index contributed by atoms with van der Waals surface area (Å²) in [4.78, 5) is 39.5. The lowest BCUT2D eigenvalue weighted by molar-refractivity contribution is 0.0317. The maximum atomic E-state index is 12.6. The first-order valence-electron chi connectivity index (χ1n) is 8.30. The fourth-order valence-electron chi connectivity index (χ4n) is 2.89. The van der Waals surface area contributed by atoms with Crippen molar-refractivity contribution in [3.8, 4) is 0 Å². The lowest BCUT2D eigenvalue weighted by Gasteiger charge is -2.12. The number of hydrogen-bond acceptors (Lipinski definition) is 4. The van der Waals surface area contributed by atoms with Gasteiger partial charge in [0.1, 0.15) is 0 Å². The number of H-pyrrole nitrogens is 1. The Labute approximate surface area is 147 Å². The molecular formula is C20H23NO4. The quantitative estimate of drug-likeness (QED) is 0.640. The molecule has 0 fully saturated rings. The highest BCUT2D eigenvalue weighted by molar-refractivity contribution is 6.05. The third kappa shape index (κ3) is 3.87. The molecular weight excluding hydrogens is 318 g/mol. The largest absolute Gasteiger partial charge is 0.451 e. The van der Waals surface area contributed by atoms with Crippen LogP contribution in [0, 0.1) is 13.8 Å². The second-order valence-corrected chi connectivity index (χ2v) is 6.14. The number of aryl methyl sites for hydroxylation is 2. The van der Waals surface area contributed by atoms with E-state index in [1.165, 1.54) is 13.8 Å². The van der Waals surface area contributed by atoms with Crippen LogP contribution >= 0.6 is 0 Å². The van der Waals surface area contributed by atoms with Gasteiger partial charge in [-0.15, -0.1) is 0 Å². The van der Waals surface area contributed by atoms with Crippen LogP contribution < -0.4 is 0 Å². The monoisotopic (exact) mass is 341 g/mol. The molecule has 0 radical (unpaired) electrons. The maximum absolute atomic E-state index is 12.6. The SMILES string of the molecule is CCc1ccc(C(=O)O[C@H](C)C(=O)c2[nH]c(C)c(C(C)=O)c2C)cc1. The van der Waals surface area contributed by atoms with Gasteiger partial charge >= 0.3 is 5.97 Å². The van der Waals surface area contributed by atoms with E-state index in [9.17, 15) is 14.4 Å². The maximum Gasteiger partial charge on any atom is 0.338 e. The van der Waals surface area contributed by atoms with Gasteiger partial charge in [0.25, 0.3) is 0 Å². The van der Waals surface area contributed by atoms with Crippen LogP contribution in [-0.2, 0) is 11.2 Å². The van der Waals surface area contributed by atoms with Gasteiger partial charge in [-0.3, -0.25) is 9.59 Å². The topological polar surface area (TPSA) is 76.2 Å². The number of benzene rings is 1. The highest BCUT2D eigenvalue weighted by Crippen LogP contribution is 2.20. The molecule has 0 unspecified atom stereocenters. The first-order chi connectivity index (χ1) is 11.8. The molecule has 0 aliphatic heterocycles. The number of ether oxygens (including phenoxy) is 1. The molecule has 1 atom stereocenters. The second-order valence-electron chi connectivity index (χ2n) is 6.14. The number of aromatic amines is 1. The van der Waals surface area contributed by atoms with Crippen LogP contribution in [0.1, 0.15) is 68.8 Å². The average Bonchev–Trinajstić information content (AvgIpc) is 2.88. The molecule has 1 heterocycles. The van der Waals surface area contributed by atoms with Crippen molar-refractivity contribution < 1.29 is 19.1 Å². The van der Waals surface area contributed by atoms with E-state index in [1.54, 1.807) is 26.0 Å². The van der Waals surface area contributed by atoms with Gasteiger partial charge in [-0.25, -0.2) is 4.79 Å². The van der Waals surface area contributed by atoms with Crippen LogP contribution in [0.15, 0.2) is 24.3 Å². The Kier molecular flexibility index (Phi) is 5.57. The molecule has 0 saturated heterocycles. The highest BCUT2D eigenvalue weighted by Gasteiger charge is 2.26. The van der Waals surface area contributed by atoms with Gasteiger partial charge in [-0.05, 0) is 57.4 Å². The summed E-state index contributed by atoms with van der Waals surface area (Å²) >= 11 is 0. The summed E-state index contributed by atoms with van der Waals surface area (Å²) in [7, 11) is 0. The van der Waals surface area contributed by atoms with Gasteiger partial charge in [0.2, 0.25) is 5.78 Å². The molecule has 0 saturated carbocycles. The molecule has 1 aromatic heterocycles. The number of esters is 1. The Morgan fingerprint density at radius 2 is 1.72 bits per heavy atom. The van der Waals surface area contributed by atoms with E-state index in [0.717, 1.165) is 12.0 Å². The van der Waals surface area contributed by atoms with Crippen molar-refractivity contribution in [3.05, 3.63) is 57.9 Å². The molecule has 132 valence electrons. The van der Waals surface area contributed by atoms with E-state index in [0.29, 0.717) is 28.1 Å². The molecule has 1 aromatic carbocycles. The molecule has 2 aromatic rings. The van der Waals surface area contributed by atoms with Gasteiger partial charge in [0.05, 0.1) is 11.3 Å². The Balaban J connectivity index is 2.16. The third-order valence-electron chi connectivity index (χ3n) is 4.29. The van der Waals surface area contributed by atoms with Crippen LogP contribution in [-0.4, -0.2) is 28.6 Å². The molecule has 25 heavy (non-hydrogen) atoms. The molecule has 5 nitrogen and oxygen atoms in total. The fraction of sp³-hybridized carbons (Fsp3) is 0.350. The predicted octanol–water partition coefficient (Wildman–Crippen LogP) is 3.82. The Morgan fingerprint density at radius 3 is 2.20 bits per heavy atom. The lowest BCUT2D eigenvalue weighted by Crippen LogP contribution is -2.25. The summed E-state index contributed by atoms with van der Waals surface area (Å²) in [6.07, 6.45) is -0.0661. The van der Waals surface area contributed by atoms with Gasteiger partial charge < -0.3 is 9.72 Å². The molecule has 5 heteroatoms. The smallest absolute Gasteiger partial charge is 0.338 e. The van der Waals surface area contributed by atoms with E-state index in [4.69, 9.17) is 4.74 Å². The number of carbonyl (C=O) groups excluding carboxylic acids is 3. The van der Waals surface area contributed by atoms with Crippen molar-refractivity contribution in [1.82, 2.24) is 4.98 Å². The van der Waals surface area contributed by atoms with Gasteiger partial charge in [0, 0.05) is 11.3 Å². The summed E-state index contributed by atoms with van der Waals surface area (Å²) < 4.78 is 5.30. The minimum absolute atomic E-state index is 0.106. The predicted molar refractivity (Wildman–Crippen MR) is 95.3 cm³/mol. The minimum atomic E-state index is -0.949. The lowest BCUT2D eigenvalue weighted by atomic mass is 10.0. The number of aromatic nitrogens is 1. The highest BCUT2D eigenvalue weighted by atomic mass is 16.5. The van der Waals surface area contributed by atoms with Crippen molar-refractivity contribution in [1.29, 1.82) is 0 Å². The molecule has 0 bridgehead atoms. The Morgan fingerprint density at radius 1 is 1.12 bits per heavy atom. The average molecular weight is 341 g/mol. The van der Waals surface area contributed by atoms with Crippen molar-refractivity contribution in [2.24, 2.45) is 0 Å². The van der Waals surface area contributed by atoms with Crippen LogP contribution in [0.4, 0.5) is 0 Å². The first-order valence-corrected chi connectivity index (χ1v) is 8.30. The molecule has 1 N–H and O–H groups in total. The zero-order valence-electron chi connectivity index (χ0n) is 15.2. The third-order valence-corrected chi connectivity index (χ3v) is 4.29. The minimum Gasteiger partial charge on any atom is -0.451 e. The van der Waals surface area contributed by atoms with E-state index in [2.05, 4.69) is 4.98 Å². The van der Waals surface area contributed by atoms with Crippen LogP contribution in [0.25, 0.3) is 0 Å². The molecule has 0 aliphatic carbocycles. The van der Waals surface area contributed by atoms with Crippen molar-refractivity contribution >= 4 is 17.5 Å².